The molecule has 0 aliphatic heterocycles. The van der Waals surface area contributed by atoms with Gasteiger partial charge in [0.25, 0.3) is 11.5 Å². The highest BCUT2D eigenvalue weighted by Gasteiger charge is 2.13. The Hall–Kier alpha value is -2.51. The van der Waals surface area contributed by atoms with Crippen molar-refractivity contribution in [2.75, 3.05) is 5.32 Å². The molecule has 0 fully saturated rings. The van der Waals surface area contributed by atoms with Gasteiger partial charge in [-0.25, -0.2) is 9.67 Å². The van der Waals surface area contributed by atoms with E-state index in [0.29, 0.717) is 23.1 Å². The summed E-state index contributed by atoms with van der Waals surface area (Å²) in [6.45, 7) is 2.53. The van der Waals surface area contributed by atoms with Crippen LogP contribution in [0.15, 0.2) is 47.4 Å². The zero-order valence-corrected chi connectivity index (χ0v) is 16.4. The molecule has 27 heavy (non-hydrogen) atoms. The maximum atomic E-state index is 12.4. The molecule has 0 aliphatic rings. The van der Waals surface area contributed by atoms with Gasteiger partial charge in [0.1, 0.15) is 5.69 Å². The lowest BCUT2D eigenvalue weighted by Crippen LogP contribution is -2.26. The van der Waals surface area contributed by atoms with Gasteiger partial charge in [-0.2, -0.15) is 5.10 Å². The number of aromatic nitrogens is 3. The zero-order chi connectivity index (χ0) is 19.2. The predicted molar refractivity (Wildman–Crippen MR) is 108 cm³/mol. The number of rotatable bonds is 7. The Morgan fingerprint density at radius 2 is 2.07 bits per heavy atom. The maximum absolute atomic E-state index is 12.4. The molecule has 8 heteroatoms. The second kappa shape index (κ2) is 8.92. The van der Waals surface area contributed by atoms with Crippen molar-refractivity contribution in [1.82, 2.24) is 14.8 Å². The summed E-state index contributed by atoms with van der Waals surface area (Å²) in [6, 6.07) is 10.4. The fourth-order valence-electron chi connectivity index (χ4n) is 2.48. The van der Waals surface area contributed by atoms with Crippen LogP contribution in [0.1, 0.15) is 40.7 Å². The van der Waals surface area contributed by atoms with Crippen LogP contribution in [0.4, 0.5) is 5.13 Å². The lowest BCUT2D eigenvalue weighted by molar-refractivity contribution is 0.101. The molecule has 0 spiro atoms. The molecular formula is C19H19ClN4O2S. The quantitative estimate of drug-likeness (QED) is 0.648. The number of anilines is 1. The average Bonchev–Trinajstić information content (AvgIpc) is 3.09. The van der Waals surface area contributed by atoms with Crippen LogP contribution in [0.2, 0.25) is 5.02 Å². The number of hydrogen-bond acceptors (Lipinski definition) is 5. The van der Waals surface area contributed by atoms with Gasteiger partial charge in [0, 0.05) is 35.1 Å². The summed E-state index contributed by atoms with van der Waals surface area (Å²) in [5.74, 6) is -0.390. The molecule has 6 nitrogen and oxygen atoms in total. The van der Waals surface area contributed by atoms with Crippen molar-refractivity contribution in [2.45, 2.75) is 32.7 Å². The minimum Gasteiger partial charge on any atom is -0.296 e. The number of hydrogen-bond donors (Lipinski definition) is 1. The molecule has 2 aromatic heterocycles. The highest BCUT2D eigenvalue weighted by Crippen LogP contribution is 2.24. The van der Waals surface area contributed by atoms with Crippen molar-refractivity contribution in [3.63, 3.8) is 0 Å². The first kappa shape index (κ1) is 19.3. The molecule has 0 unspecified atom stereocenters. The Morgan fingerprint density at radius 3 is 2.85 bits per heavy atom. The van der Waals surface area contributed by atoms with E-state index in [0.717, 1.165) is 23.3 Å². The number of carbonyl (C=O) groups excluding carboxylic acids is 1. The first-order chi connectivity index (χ1) is 13.1. The van der Waals surface area contributed by atoms with Gasteiger partial charge in [-0.1, -0.05) is 43.1 Å². The highest BCUT2D eigenvalue weighted by molar-refractivity contribution is 7.15. The van der Waals surface area contributed by atoms with E-state index in [1.54, 1.807) is 6.20 Å². The van der Waals surface area contributed by atoms with Crippen LogP contribution in [0.25, 0.3) is 0 Å². The van der Waals surface area contributed by atoms with E-state index in [9.17, 15) is 9.59 Å². The molecule has 0 saturated heterocycles. The van der Waals surface area contributed by atoms with Gasteiger partial charge in [0.15, 0.2) is 5.13 Å². The third-order valence-corrected chi connectivity index (χ3v) is 5.20. The molecule has 3 aromatic rings. The van der Waals surface area contributed by atoms with Crippen molar-refractivity contribution in [3.8, 4) is 0 Å². The van der Waals surface area contributed by atoms with Crippen molar-refractivity contribution >= 4 is 34.0 Å². The third kappa shape index (κ3) is 5.02. The number of thiazole rings is 1. The number of carbonyl (C=O) groups is 1. The summed E-state index contributed by atoms with van der Waals surface area (Å²) in [4.78, 5) is 29.5. The molecular weight excluding hydrogens is 384 g/mol. The minimum atomic E-state index is -0.390. The number of halogens is 1. The third-order valence-electron chi connectivity index (χ3n) is 3.92. The van der Waals surface area contributed by atoms with Crippen LogP contribution < -0.4 is 10.9 Å². The summed E-state index contributed by atoms with van der Waals surface area (Å²) in [6.07, 6.45) is 4.14. The van der Waals surface area contributed by atoms with Crippen LogP contribution in [0, 0.1) is 0 Å². The van der Waals surface area contributed by atoms with Crippen LogP contribution in [0.5, 0.6) is 0 Å². The predicted octanol–water partition coefficient (Wildman–Crippen LogP) is 4.00. The number of nitrogens with one attached hydrogen (secondary N) is 1. The molecule has 0 atom stereocenters. The van der Waals surface area contributed by atoms with E-state index in [2.05, 4.69) is 15.4 Å². The van der Waals surface area contributed by atoms with Gasteiger partial charge < -0.3 is 0 Å². The number of nitrogens with zero attached hydrogens (tertiary/aromatic N) is 3. The number of aryl methyl sites for hydroxylation is 1. The molecule has 2 heterocycles. The largest absolute Gasteiger partial charge is 0.296 e. The van der Waals surface area contributed by atoms with Crippen molar-refractivity contribution in [1.29, 1.82) is 0 Å². The fourth-order valence-corrected chi connectivity index (χ4v) is 3.51. The highest BCUT2D eigenvalue weighted by atomic mass is 35.5. The Morgan fingerprint density at radius 1 is 1.26 bits per heavy atom. The van der Waals surface area contributed by atoms with Gasteiger partial charge in [-0.15, -0.1) is 11.3 Å². The van der Waals surface area contributed by atoms with Gasteiger partial charge in [0.2, 0.25) is 0 Å². The van der Waals surface area contributed by atoms with Crippen LogP contribution >= 0.6 is 22.9 Å². The van der Waals surface area contributed by atoms with E-state index >= 15 is 0 Å². The Balaban J connectivity index is 1.69. The minimum absolute atomic E-state index is 0.188. The Labute approximate surface area is 165 Å². The van der Waals surface area contributed by atoms with E-state index in [1.807, 2.05) is 31.2 Å². The van der Waals surface area contributed by atoms with E-state index in [4.69, 9.17) is 11.6 Å². The summed E-state index contributed by atoms with van der Waals surface area (Å²) in [7, 11) is 0. The van der Waals surface area contributed by atoms with Gasteiger partial charge in [-0.3, -0.25) is 14.9 Å². The Kier molecular flexibility index (Phi) is 6.36. The zero-order valence-electron chi connectivity index (χ0n) is 14.8. The average molecular weight is 403 g/mol. The molecule has 0 saturated carbocycles. The monoisotopic (exact) mass is 402 g/mol. The maximum Gasteiger partial charge on any atom is 0.277 e. The molecule has 0 radical (unpaired) electrons. The summed E-state index contributed by atoms with van der Waals surface area (Å²) >= 11 is 7.57. The molecule has 1 amide bonds. The van der Waals surface area contributed by atoms with E-state index in [1.165, 1.54) is 28.2 Å². The summed E-state index contributed by atoms with van der Waals surface area (Å²) in [5, 5.41) is 8.07. The second-order valence-corrected chi connectivity index (χ2v) is 7.51. The summed E-state index contributed by atoms with van der Waals surface area (Å²) < 4.78 is 1.32. The SMILES string of the molecule is CCCCn1nc(C(=O)Nc2ncc(Cc3ccccc3Cl)s2)ccc1=O. The smallest absolute Gasteiger partial charge is 0.277 e. The fraction of sp³-hybridized carbons (Fsp3) is 0.263. The van der Waals surface area contributed by atoms with Gasteiger partial charge >= 0.3 is 0 Å². The lowest BCUT2D eigenvalue weighted by atomic mass is 10.1. The molecule has 140 valence electrons. The second-order valence-electron chi connectivity index (χ2n) is 5.99. The van der Waals surface area contributed by atoms with E-state index in [-0.39, 0.29) is 17.2 Å². The van der Waals surface area contributed by atoms with Crippen molar-refractivity contribution < 1.29 is 4.79 Å². The first-order valence-electron chi connectivity index (χ1n) is 8.64. The number of unbranched alkanes of at least 4 members (excludes halogenated alkanes) is 1. The van der Waals surface area contributed by atoms with Gasteiger partial charge in [-0.05, 0) is 24.1 Å². The van der Waals surface area contributed by atoms with Crippen LogP contribution in [-0.2, 0) is 13.0 Å². The normalized spacial score (nSPS) is 10.7. The molecule has 1 N–H and O–H groups in total. The molecule has 3 rings (SSSR count). The molecule has 0 bridgehead atoms. The number of benzene rings is 1. The van der Waals surface area contributed by atoms with E-state index < -0.39 is 0 Å². The summed E-state index contributed by atoms with van der Waals surface area (Å²) in [5.41, 5.74) is 0.982. The Bertz CT molecular complexity index is 999. The number of amides is 1. The first-order valence-corrected chi connectivity index (χ1v) is 9.84. The topological polar surface area (TPSA) is 76.9 Å². The molecule has 0 aliphatic carbocycles. The standard InChI is InChI=1S/C19H19ClN4O2S/c1-2-3-10-24-17(25)9-8-16(23-24)18(26)22-19-21-12-14(27-19)11-13-6-4-5-7-15(13)20/h4-9,12H,2-3,10-11H2,1H3,(H,21,22,26). The van der Waals surface area contributed by atoms with Crippen LogP contribution in [0.3, 0.4) is 0 Å². The van der Waals surface area contributed by atoms with Crippen molar-refractivity contribution in [3.05, 3.63) is 74.1 Å². The lowest BCUT2D eigenvalue weighted by Gasteiger charge is -2.06. The molecule has 1 aromatic carbocycles. The van der Waals surface area contributed by atoms with Crippen LogP contribution in [-0.4, -0.2) is 20.7 Å². The van der Waals surface area contributed by atoms with Gasteiger partial charge in [0.05, 0.1) is 0 Å². The van der Waals surface area contributed by atoms with Crippen molar-refractivity contribution in [2.24, 2.45) is 0 Å².